The van der Waals surface area contributed by atoms with Gasteiger partial charge < -0.3 is 15.5 Å². The monoisotopic (exact) mass is 345 g/mol. The lowest BCUT2D eigenvalue weighted by molar-refractivity contribution is 0.730. The predicted molar refractivity (Wildman–Crippen MR) is 103 cm³/mol. The van der Waals surface area contributed by atoms with E-state index in [1.807, 2.05) is 24.3 Å². The minimum absolute atomic E-state index is 0.611. The molecule has 3 nitrogen and oxygen atoms in total. The average Bonchev–Trinajstić information content (AvgIpc) is 2.97. The van der Waals surface area contributed by atoms with Gasteiger partial charge in [-0.25, -0.2) is 0 Å². The molecule has 0 saturated carbocycles. The first-order valence-corrected chi connectivity index (χ1v) is 8.65. The van der Waals surface area contributed by atoms with Gasteiger partial charge >= 0.3 is 0 Å². The summed E-state index contributed by atoms with van der Waals surface area (Å²) in [5.41, 5.74) is 3.67. The Labute approximate surface area is 147 Å². The molecule has 0 saturated heterocycles. The molecule has 120 valence electrons. The second kappa shape index (κ2) is 7.66. The van der Waals surface area contributed by atoms with Crippen LogP contribution in [0.25, 0.3) is 0 Å². The maximum absolute atomic E-state index is 6.11. The first-order valence-electron chi connectivity index (χ1n) is 7.86. The molecule has 2 aromatic carbocycles. The molecule has 1 aliphatic heterocycles. The Morgan fingerprint density at radius 3 is 2.78 bits per heavy atom. The molecule has 1 heterocycles. The molecule has 0 radical (unpaired) electrons. The van der Waals surface area contributed by atoms with E-state index in [4.69, 9.17) is 23.8 Å². The third-order valence-corrected chi connectivity index (χ3v) is 4.57. The van der Waals surface area contributed by atoms with Gasteiger partial charge in [-0.2, -0.15) is 0 Å². The summed E-state index contributed by atoms with van der Waals surface area (Å²) >= 11 is 11.4. The van der Waals surface area contributed by atoms with Crippen LogP contribution in [0, 0.1) is 0 Å². The van der Waals surface area contributed by atoms with Gasteiger partial charge in [0, 0.05) is 25.3 Å². The van der Waals surface area contributed by atoms with Gasteiger partial charge in [0.1, 0.15) is 0 Å². The van der Waals surface area contributed by atoms with Gasteiger partial charge in [0.25, 0.3) is 0 Å². The molecule has 0 fully saturated rings. The third kappa shape index (κ3) is 4.15. The van der Waals surface area contributed by atoms with Crippen molar-refractivity contribution in [3.63, 3.8) is 0 Å². The maximum atomic E-state index is 6.11. The van der Waals surface area contributed by atoms with Crippen molar-refractivity contribution < 1.29 is 0 Å². The number of rotatable bonds is 5. The van der Waals surface area contributed by atoms with Crippen LogP contribution in [0.2, 0.25) is 5.02 Å². The van der Waals surface area contributed by atoms with Crippen molar-refractivity contribution in [2.24, 2.45) is 0 Å². The first kappa shape index (κ1) is 16.1. The number of anilines is 2. The average molecular weight is 346 g/mol. The Kier molecular flexibility index (Phi) is 5.36. The summed E-state index contributed by atoms with van der Waals surface area (Å²) in [6, 6.07) is 16.2. The molecule has 0 amide bonds. The molecule has 0 spiro atoms. The van der Waals surface area contributed by atoms with Crippen LogP contribution in [0.5, 0.6) is 0 Å². The van der Waals surface area contributed by atoms with Crippen LogP contribution in [0.15, 0.2) is 48.5 Å². The van der Waals surface area contributed by atoms with Crippen molar-refractivity contribution in [2.75, 3.05) is 29.9 Å². The highest BCUT2D eigenvalue weighted by Crippen LogP contribution is 2.27. The van der Waals surface area contributed by atoms with E-state index in [2.05, 4.69) is 39.8 Å². The van der Waals surface area contributed by atoms with Crippen molar-refractivity contribution in [2.45, 2.75) is 12.8 Å². The SMILES string of the molecule is S=C(NCCCN1CCc2ccccc21)Nc1ccccc1Cl. The van der Waals surface area contributed by atoms with Crippen LogP contribution < -0.4 is 15.5 Å². The molecule has 0 unspecified atom stereocenters. The van der Waals surface area contributed by atoms with Crippen LogP contribution >= 0.6 is 23.8 Å². The zero-order chi connectivity index (χ0) is 16.1. The molecular formula is C18H20ClN3S. The van der Waals surface area contributed by atoms with Crippen LogP contribution in [0.3, 0.4) is 0 Å². The number of nitrogens with one attached hydrogen (secondary N) is 2. The molecular weight excluding hydrogens is 326 g/mol. The van der Waals surface area contributed by atoms with Gasteiger partial charge in [0.15, 0.2) is 5.11 Å². The van der Waals surface area contributed by atoms with E-state index in [1.54, 1.807) is 0 Å². The van der Waals surface area contributed by atoms with Gasteiger partial charge in [-0.1, -0.05) is 41.9 Å². The lowest BCUT2D eigenvalue weighted by Crippen LogP contribution is -2.32. The van der Waals surface area contributed by atoms with Gasteiger partial charge in [-0.15, -0.1) is 0 Å². The molecule has 2 N–H and O–H groups in total. The van der Waals surface area contributed by atoms with E-state index in [0.29, 0.717) is 10.1 Å². The van der Waals surface area contributed by atoms with Crippen LogP contribution in [-0.2, 0) is 6.42 Å². The fraction of sp³-hybridized carbons (Fsp3) is 0.278. The molecule has 2 aromatic rings. The summed E-state index contributed by atoms with van der Waals surface area (Å²) < 4.78 is 0. The molecule has 0 aliphatic carbocycles. The largest absolute Gasteiger partial charge is 0.371 e. The van der Waals surface area contributed by atoms with Crippen LogP contribution in [-0.4, -0.2) is 24.7 Å². The number of halogens is 1. The van der Waals surface area contributed by atoms with E-state index in [9.17, 15) is 0 Å². The zero-order valence-electron chi connectivity index (χ0n) is 12.9. The van der Waals surface area contributed by atoms with E-state index in [0.717, 1.165) is 38.2 Å². The first-order chi connectivity index (χ1) is 11.2. The Morgan fingerprint density at radius 2 is 1.91 bits per heavy atom. The summed E-state index contributed by atoms with van der Waals surface area (Å²) in [5, 5.41) is 7.65. The molecule has 0 atom stereocenters. The van der Waals surface area contributed by atoms with Crippen molar-refractivity contribution >= 4 is 40.3 Å². The number of thiocarbonyl (C=S) groups is 1. The predicted octanol–water partition coefficient (Wildman–Crippen LogP) is 4.08. The third-order valence-electron chi connectivity index (χ3n) is 4.00. The summed E-state index contributed by atoms with van der Waals surface area (Å²) in [6.45, 7) is 3.00. The zero-order valence-corrected chi connectivity index (χ0v) is 14.5. The van der Waals surface area contributed by atoms with E-state index >= 15 is 0 Å². The standard InChI is InChI=1S/C18H20ClN3S/c19-15-7-2-3-8-16(15)21-18(23)20-11-5-12-22-13-10-14-6-1-4-9-17(14)22/h1-4,6-9H,5,10-13H2,(H2,20,21,23). The Balaban J connectivity index is 1.41. The molecule has 23 heavy (non-hydrogen) atoms. The Bertz CT molecular complexity index is 689. The van der Waals surface area contributed by atoms with Gasteiger partial charge in [-0.05, 0) is 48.8 Å². The summed E-state index contributed by atoms with van der Waals surface area (Å²) in [5.74, 6) is 0. The minimum atomic E-state index is 0.611. The quantitative estimate of drug-likeness (QED) is 0.630. The highest BCUT2D eigenvalue weighted by Gasteiger charge is 2.17. The lowest BCUT2D eigenvalue weighted by Gasteiger charge is -2.19. The van der Waals surface area contributed by atoms with E-state index < -0.39 is 0 Å². The number of hydrogen-bond donors (Lipinski definition) is 2. The second-order valence-electron chi connectivity index (χ2n) is 5.58. The fourth-order valence-corrected chi connectivity index (χ4v) is 3.23. The highest BCUT2D eigenvalue weighted by molar-refractivity contribution is 7.80. The normalized spacial score (nSPS) is 12.8. The highest BCUT2D eigenvalue weighted by atomic mass is 35.5. The molecule has 0 bridgehead atoms. The summed E-state index contributed by atoms with van der Waals surface area (Å²) in [7, 11) is 0. The van der Waals surface area contributed by atoms with Gasteiger partial charge in [-0.3, -0.25) is 0 Å². The number of hydrogen-bond acceptors (Lipinski definition) is 2. The fourth-order valence-electron chi connectivity index (χ4n) is 2.84. The second-order valence-corrected chi connectivity index (χ2v) is 6.40. The van der Waals surface area contributed by atoms with Crippen molar-refractivity contribution in [1.82, 2.24) is 5.32 Å². The number of nitrogens with zero attached hydrogens (tertiary/aromatic N) is 1. The minimum Gasteiger partial charge on any atom is -0.371 e. The molecule has 5 heteroatoms. The number of fused-ring (bicyclic) bond motifs is 1. The molecule has 3 rings (SSSR count). The lowest BCUT2D eigenvalue weighted by atomic mass is 10.2. The van der Waals surface area contributed by atoms with Crippen molar-refractivity contribution in [3.8, 4) is 0 Å². The molecule has 1 aliphatic rings. The topological polar surface area (TPSA) is 27.3 Å². The number of para-hydroxylation sites is 2. The molecule has 0 aromatic heterocycles. The Hall–Kier alpha value is -1.78. The van der Waals surface area contributed by atoms with E-state index in [-0.39, 0.29) is 0 Å². The van der Waals surface area contributed by atoms with Crippen molar-refractivity contribution in [1.29, 1.82) is 0 Å². The van der Waals surface area contributed by atoms with Gasteiger partial charge in [0.05, 0.1) is 10.7 Å². The summed E-state index contributed by atoms with van der Waals surface area (Å²) in [6.07, 6.45) is 2.19. The van der Waals surface area contributed by atoms with Crippen molar-refractivity contribution in [3.05, 3.63) is 59.1 Å². The van der Waals surface area contributed by atoms with Gasteiger partial charge in [0.2, 0.25) is 0 Å². The van der Waals surface area contributed by atoms with E-state index in [1.165, 1.54) is 11.3 Å². The Morgan fingerprint density at radius 1 is 1.13 bits per heavy atom. The van der Waals surface area contributed by atoms with Crippen LogP contribution in [0.1, 0.15) is 12.0 Å². The smallest absolute Gasteiger partial charge is 0.170 e. The number of benzene rings is 2. The maximum Gasteiger partial charge on any atom is 0.170 e. The van der Waals surface area contributed by atoms with Crippen LogP contribution in [0.4, 0.5) is 11.4 Å². The summed E-state index contributed by atoms with van der Waals surface area (Å²) in [4.78, 5) is 2.45.